The summed E-state index contributed by atoms with van der Waals surface area (Å²) in [6.07, 6.45) is 0. The number of carbonyl (C=O) groups is 1. The zero-order chi connectivity index (χ0) is 14.7. The number of carboxylic acid groups (broad SMARTS) is 1. The van der Waals surface area contributed by atoms with E-state index in [1.54, 1.807) is 18.2 Å². The molecule has 7 heteroatoms. The Morgan fingerprint density at radius 1 is 1.32 bits per heavy atom. The van der Waals surface area contributed by atoms with Gasteiger partial charge in [0, 0.05) is 29.9 Å². The molecule has 0 aliphatic heterocycles. The van der Waals surface area contributed by atoms with Gasteiger partial charge < -0.3 is 20.8 Å². The summed E-state index contributed by atoms with van der Waals surface area (Å²) >= 11 is 0. The van der Waals surface area contributed by atoms with Crippen molar-refractivity contribution in [3.63, 3.8) is 0 Å². The molecule has 0 saturated carbocycles. The van der Waals surface area contributed by atoms with Crippen LogP contribution in [0.3, 0.4) is 0 Å². The molecule has 0 atom stereocenters. The molecule has 0 bridgehead atoms. The number of benzene rings is 1. The molecule has 0 saturated heterocycles. The van der Waals surface area contributed by atoms with Crippen LogP contribution in [-0.4, -0.2) is 53.6 Å². The van der Waals surface area contributed by atoms with Crippen LogP contribution in [0.2, 0.25) is 0 Å². The predicted octanol–water partition coefficient (Wildman–Crippen LogP) is -0.958. The number of aryl methyl sites for hydroxylation is 1. The smallest absolute Gasteiger partial charge is 0.870 e. The van der Waals surface area contributed by atoms with Gasteiger partial charge >= 0.3 is 35.5 Å². The normalized spacial score (nSPS) is 10.0. The van der Waals surface area contributed by atoms with E-state index < -0.39 is 5.97 Å². The Kier molecular flexibility index (Phi) is 8.58. The van der Waals surface area contributed by atoms with Crippen molar-refractivity contribution < 1.29 is 44.9 Å². The van der Waals surface area contributed by atoms with Crippen molar-refractivity contribution in [1.82, 2.24) is 9.88 Å². The SMILES string of the molecule is Cc1cc(NCCN(C)C)c2cc(C(=O)O)ccc2n1.[Na+].[OH-]. The molecule has 0 aliphatic carbocycles. The first kappa shape index (κ1) is 20.8. The van der Waals surface area contributed by atoms with Crippen molar-refractivity contribution in [3.05, 3.63) is 35.5 Å². The average Bonchev–Trinajstić information content (AvgIpc) is 2.37. The molecule has 0 spiro atoms. The Balaban J connectivity index is 0.00000220. The van der Waals surface area contributed by atoms with E-state index in [1.165, 1.54) is 0 Å². The third-order valence-electron chi connectivity index (χ3n) is 3.06. The second-order valence-corrected chi connectivity index (χ2v) is 5.08. The summed E-state index contributed by atoms with van der Waals surface area (Å²) in [5.41, 5.74) is 2.92. The van der Waals surface area contributed by atoms with Crippen LogP contribution >= 0.6 is 0 Å². The monoisotopic (exact) mass is 313 g/mol. The number of hydrogen-bond donors (Lipinski definition) is 2. The number of anilines is 1. The number of fused-ring (bicyclic) bond motifs is 1. The molecular formula is C15H20N3NaO3. The fraction of sp³-hybridized carbons (Fsp3) is 0.333. The van der Waals surface area contributed by atoms with Gasteiger partial charge in [-0.2, -0.15) is 0 Å². The molecule has 1 aromatic heterocycles. The first-order chi connectivity index (χ1) is 9.47. The topological polar surface area (TPSA) is 95.5 Å². The van der Waals surface area contributed by atoms with Crippen molar-refractivity contribution in [1.29, 1.82) is 0 Å². The number of nitrogens with zero attached hydrogens (tertiary/aromatic N) is 2. The van der Waals surface area contributed by atoms with Crippen LogP contribution in [0.5, 0.6) is 0 Å². The number of pyridine rings is 1. The van der Waals surface area contributed by atoms with Crippen molar-refractivity contribution >= 4 is 22.6 Å². The number of rotatable bonds is 5. The van der Waals surface area contributed by atoms with E-state index in [4.69, 9.17) is 5.11 Å². The largest absolute Gasteiger partial charge is 1.00 e. The van der Waals surface area contributed by atoms with Crippen molar-refractivity contribution in [3.8, 4) is 0 Å². The predicted molar refractivity (Wildman–Crippen MR) is 82.4 cm³/mol. The van der Waals surface area contributed by atoms with Crippen LogP contribution in [0.4, 0.5) is 5.69 Å². The molecule has 114 valence electrons. The van der Waals surface area contributed by atoms with Crippen molar-refractivity contribution in [2.75, 3.05) is 32.5 Å². The van der Waals surface area contributed by atoms with Gasteiger partial charge in [0.2, 0.25) is 0 Å². The molecule has 3 N–H and O–H groups in total. The third kappa shape index (κ3) is 5.23. The quantitative estimate of drug-likeness (QED) is 0.691. The van der Waals surface area contributed by atoms with E-state index in [0.29, 0.717) is 0 Å². The van der Waals surface area contributed by atoms with E-state index in [0.717, 1.165) is 35.4 Å². The minimum absolute atomic E-state index is 0. The summed E-state index contributed by atoms with van der Waals surface area (Å²) in [6, 6.07) is 6.95. The van der Waals surface area contributed by atoms with Gasteiger partial charge in [-0.05, 0) is 45.3 Å². The zero-order valence-electron chi connectivity index (χ0n) is 13.4. The third-order valence-corrected chi connectivity index (χ3v) is 3.06. The molecule has 0 aliphatic rings. The number of likely N-dealkylation sites (N-methyl/N-ethyl adjacent to an activating group) is 1. The van der Waals surface area contributed by atoms with Crippen molar-refractivity contribution in [2.45, 2.75) is 6.92 Å². The van der Waals surface area contributed by atoms with Gasteiger partial charge in [0.1, 0.15) is 0 Å². The molecule has 0 fully saturated rings. The Morgan fingerprint density at radius 2 is 2.00 bits per heavy atom. The van der Waals surface area contributed by atoms with Gasteiger partial charge in [0.15, 0.2) is 0 Å². The summed E-state index contributed by atoms with van der Waals surface area (Å²) in [4.78, 5) is 17.6. The summed E-state index contributed by atoms with van der Waals surface area (Å²) in [7, 11) is 4.03. The van der Waals surface area contributed by atoms with E-state index in [1.807, 2.05) is 27.1 Å². The Labute approximate surface area is 152 Å². The number of hydrogen-bond acceptors (Lipinski definition) is 5. The molecule has 0 amide bonds. The van der Waals surface area contributed by atoms with Gasteiger partial charge in [0.25, 0.3) is 0 Å². The molecular weight excluding hydrogens is 293 g/mol. The number of aromatic carboxylic acids is 1. The summed E-state index contributed by atoms with van der Waals surface area (Å²) in [5, 5.41) is 13.3. The van der Waals surface area contributed by atoms with E-state index in [9.17, 15) is 4.79 Å². The summed E-state index contributed by atoms with van der Waals surface area (Å²) in [5.74, 6) is -0.924. The molecule has 0 radical (unpaired) electrons. The van der Waals surface area contributed by atoms with E-state index >= 15 is 0 Å². The summed E-state index contributed by atoms with van der Waals surface area (Å²) < 4.78 is 0. The van der Waals surface area contributed by atoms with Crippen LogP contribution in [0.25, 0.3) is 10.9 Å². The minimum Gasteiger partial charge on any atom is -0.870 e. The maximum Gasteiger partial charge on any atom is 1.00 e. The van der Waals surface area contributed by atoms with Gasteiger partial charge in [-0.15, -0.1) is 0 Å². The fourth-order valence-electron chi connectivity index (χ4n) is 2.05. The average molecular weight is 313 g/mol. The second-order valence-electron chi connectivity index (χ2n) is 5.08. The van der Waals surface area contributed by atoms with Gasteiger partial charge in [-0.25, -0.2) is 4.79 Å². The standard InChI is InChI=1S/C15H19N3O2.Na.H2O/c1-10-8-14(16-6-7-18(2)3)12-9-11(15(19)20)4-5-13(12)17-10;;/h4-5,8-9H,6-7H2,1-3H3,(H,16,17)(H,19,20);;1H2/q;+1;/p-1. The Hall–Kier alpha value is -1.18. The maximum atomic E-state index is 11.1. The van der Waals surface area contributed by atoms with Crippen molar-refractivity contribution in [2.24, 2.45) is 0 Å². The van der Waals surface area contributed by atoms with Crippen LogP contribution in [0, 0.1) is 6.92 Å². The zero-order valence-corrected chi connectivity index (χ0v) is 15.4. The summed E-state index contributed by atoms with van der Waals surface area (Å²) in [6.45, 7) is 3.63. The fourth-order valence-corrected chi connectivity index (χ4v) is 2.05. The van der Waals surface area contributed by atoms with Crippen LogP contribution in [0.1, 0.15) is 16.1 Å². The molecule has 2 aromatic rings. The molecule has 2 rings (SSSR count). The second kappa shape index (κ2) is 9.07. The molecule has 1 heterocycles. The molecule has 0 unspecified atom stereocenters. The van der Waals surface area contributed by atoms with Crippen LogP contribution in [-0.2, 0) is 0 Å². The van der Waals surface area contributed by atoms with Crippen LogP contribution in [0.15, 0.2) is 24.3 Å². The first-order valence-electron chi connectivity index (χ1n) is 6.50. The molecule has 22 heavy (non-hydrogen) atoms. The van der Waals surface area contributed by atoms with Gasteiger partial charge in [0.05, 0.1) is 11.1 Å². The van der Waals surface area contributed by atoms with Crippen LogP contribution < -0.4 is 34.9 Å². The first-order valence-corrected chi connectivity index (χ1v) is 6.50. The Morgan fingerprint density at radius 3 is 2.59 bits per heavy atom. The van der Waals surface area contributed by atoms with E-state index in [2.05, 4.69) is 15.2 Å². The molecule has 6 nitrogen and oxygen atoms in total. The van der Waals surface area contributed by atoms with E-state index in [-0.39, 0.29) is 40.6 Å². The number of carboxylic acids is 1. The number of aromatic nitrogens is 1. The minimum atomic E-state index is -0.924. The van der Waals surface area contributed by atoms with Gasteiger partial charge in [-0.1, -0.05) is 0 Å². The van der Waals surface area contributed by atoms with Gasteiger partial charge in [-0.3, -0.25) is 4.98 Å². The maximum absolute atomic E-state index is 11.1. The Bertz CT molecular complexity index is 647. The molecule has 1 aromatic carbocycles. The number of nitrogens with one attached hydrogen (secondary N) is 1.